The van der Waals surface area contributed by atoms with Crippen LogP contribution in [0, 0.1) is 5.92 Å². The van der Waals surface area contributed by atoms with Crippen molar-refractivity contribution in [2.45, 2.75) is 43.0 Å². The normalized spacial score (nSPS) is 24.6. The topological polar surface area (TPSA) is 58.2 Å². The lowest BCUT2D eigenvalue weighted by Gasteiger charge is -2.11. The summed E-state index contributed by atoms with van der Waals surface area (Å²) in [5.74, 6) is 0.626. The summed E-state index contributed by atoms with van der Waals surface area (Å²) in [4.78, 5) is 0. The van der Waals surface area contributed by atoms with Crippen molar-refractivity contribution >= 4 is 21.4 Å². The van der Waals surface area contributed by atoms with Gasteiger partial charge in [0.05, 0.1) is 0 Å². The van der Waals surface area contributed by atoms with Gasteiger partial charge in [-0.2, -0.15) is 0 Å². The van der Waals surface area contributed by atoms with Crippen LogP contribution >= 0.6 is 11.3 Å². The van der Waals surface area contributed by atoms with E-state index in [4.69, 9.17) is 0 Å². The van der Waals surface area contributed by atoms with Crippen molar-refractivity contribution in [2.24, 2.45) is 5.92 Å². The van der Waals surface area contributed by atoms with E-state index >= 15 is 0 Å². The van der Waals surface area contributed by atoms with Gasteiger partial charge in [0.2, 0.25) is 10.0 Å². The van der Waals surface area contributed by atoms with Gasteiger partial charge in [-0.3, -0.25) is 0 Å². The van der Waals surface area contributed by atoms with Gasteiger partial charge < -0.3 is 5.32 Å². The number of hydrogen-bond donors (Lipinski definition) is 2. The molecule has 0 radical (unpaired) electrons. The van der Waals surface area contributed by atoms with Crippen LogP contribution < -0.4 is 10.0 Å². The maximum absolute atomic E-state index is 12.2. The van der Waals surface area contributed by atoms with E-state index in [-0.39, 0.29) is 6.04 Å². The van der Waals surface area contributed by atoms with Crippen molar-refractivity contribution in [1.29, 1.82) is 0 Å². The summed E-state index contributed by atoms with van der Waals surface area (Å²) in [5, 5.41) is 4.91. The van der Waals surface area contributed by atoms with Crippen LogP contribution in [0.2, 0.25) is 0 Å². The first-order chi connectivity index (χ1) is 8.51. The molecule has 1 aromatic heterocycles. The second-order valence-electron chi connectivity index (χ2n) is 5.04. The minimum absolute atomic E-state index is 0.111. The Balaban J connectivity index is 2.05. The molecule has 18 heavy (non-hydrogen) atoms. The number of sulfonamides is 1. The molecular weight excluding hydrogens is 268 g/mol. The van der Waals surface area contributed by atoms with Gasteiger partial charge in [-0.15, -0.1) is 11.3 Å². The van der Waals surface area contributed by atoms with Gasteiger partial charge >= 0.3 is 0 Å². The third kappa shape index (κ3) is 3.32. The molecule has 1 aliphatic rings. The Hall–Kier alpha value is -0.430. The first kappa shape index (κ1) is 14.0. The highest BCUT2D eigenvalue weighted by molar-refractivity contribution is 7.91. The van der Waals surface area contributed by atoms with E-state index in [1.165, 1.54) is 11.3 Å². The van der Waals surface area contributed by atoms with Crippen LogP contribution in [-0.4, -0.2) is 21.5 Å². The standard InChI is InChI=1S/C12H20N2O2S2/c1-9-3-4-11(5-9)14-18(15,16)12-6-10(7-13-2)8-17-12/h6,8-9,11,13-14H,3-5,7H2,1-2H3. The summed E-state index contributed by atoms with van der Waals surface area (Å²) in [6.45, 7) is 2.87. The highest BCUT2D eigenvalue weighted by Crippen LogP contribution is 2.27. The molecule has 0 spiro atoms. The lowest BCUT2D eigenvalue weighted by Crippen LogP contribution is -2.32. The zero-order chi connectivity index (χ0) is 13.2. The molecule has 0 saturated heterocycles. The lowest BCUT2D eigenvalue weighted by molar-refractivity contribution is 0.540. The molecule has 2 atom stereocenters. The molecule has 102 valence electrons. The fourth-order valence-electron chi connectivity index (χ4n) is 2.38. The predicted octanol–water partition coefficient (Wildman–Crippen LogP) is 1.93. The van der Waals surface area contributed by atoms with Crippen molar-refractivity contribution in [3.63, 3.8) is 0 Å². The first-order valence-electron chi connectivity index (χ1n) is 6.25. The molecule has 0 aliphatic heterocycles. The fourth-order valence-corrected chi connectivity index (χ4v) is 4.89. The van der Waals surface area contributed by atoms with Gasteiger partial charge in [0.1, 0.15) is 4.21 Å². The van der Waals surface area contributed by atoms with Crippen LogP contribution in [0.1, 0.15) is 31.7 Å². The van der Waals surface area contributed by atoms with E-state index in [1.54, 1.807) is 6.07 Å². The van der Waals surface area contributed by atoms with E-state index in [9.17, 15) is 8.42 Å². The Bertz CT molecular complexity index is 496. The Morgan fingerprint density at radius 3 is 2.83 bits per heavy atom. The van der Waals surface area contributed by atoms with Gasteiger partial charge in [-0.25, -0.2) is 13.1 Å². The van der Waals surface area contributed by atoms with Crippen molar-refractivity contribution in [1.82, 2.24) is 10.0 Å². The molecule has 1 heterocycles. The molecule has 2 rings (SSSR count). The van der Waals surface area contributed by atoms with E-state index in [2.05, 4.69) is 17.0 Å². The summed E-state index contributed by atoms with van der Waals surface area (Å²) in [6, 6.07) is 1.86. The van der Waals surface area contributed by atoms with Crippen LogP contribution in [0.4, 0.5) is 0 Å². The maximum Gasteiger partial charge on any atom is 0.250 e. The summed E-state index contributed by atoms with van der Waals surface area (Å²) in [5.41, 5.74) is 1.02. The second kappa shape index (κ2) is 5.69. The van der Waals surface area contributed by atoms with E-state index in [0.717, 1.165) is 24.8 Å². The zero-order valence-electron chi connectivity index (χ0n) is 10.8. The summed E-state index contributed by atoms with van der Waals surface area (Å²) in [6.07, 6.45) is 3.02. The predicted molar refractivity (Wildman–Crippen MR) is 74.2 cm³/mol. The summed E-state index contributed by atoms with van der Waals surface area (Å²) < 4.78 is 27.6. The third-order valence-electron chi connectivity index (χ3n) is 3.29. The average molecular weight is 288 g/mol. The molecular formula is C12H20N2O2S2. The van der Waals surface area contributed by atoms with Gasteiger partial charge in [0.15, 0.2) is 0 Å². The monoisotopic (exact) mass is 288 g/mol. The fraction of sp³-hybridized carbons (Fsp3) is 0.667. The average Bonchev–Trinajstić information content (AvgIpc) is 2.88. The highest BCUT2D eigenvalue weighted by atomic mass is 32.2. The third-order valence-corrected chi connectivity index (χ3v) is 6.30. The largest absolute Gasteiger partial charge is 0.316 e. The highest BCUT2D eigenvalue weighted by Gasteiger charge is 2.27. The Labute approximate surface area is 113 Å². The van der Waals surface area contributed by atoms with Crippen LogP contribution in [0.15, 0.2) is 15.7 Å². The summed E-state index contributed by atoms with van der Waals surface area (Å²) >= 11 is 1.29. The number of nitrogens with one attached hydrogen (secondary N) is 2. The lowest BCUT2D eigenvalue weighted by atomic mass is 10.1. The zero-order valence-corrected chi connectivity index (χ0v) is 12.4. The Kier molecular flexibility index (Phi) is 4.42. The van der Waals surface area contributed by atoms with Crippen LogP contribution in [-0.2, 0) is 16.6 Å². The van der Waals surface area contributed by atoms with Gasteiger partial charge in [-0.1, -0.05) is 6.92 Å². The molecule has 6 heteroatoms. The number of hydrogen-bond acceptors (Lipinski definition) is 4. The van der Waals surface area contributed by atoms with Gasteiger partial charge in [0.25, 0.3) is 0 Å². The smallest absolute Gasteiger partial charge is 0.250 e. The molecule has 2 N–H and O–H groups in total. The van der Waals surface area contributed by atoms with Gasteiger partial charge in [0, 0.05) is 12.6 Å². The van der Waals surface area contributed by atoms with Crippen LogP contribution in [0.5, 0.6) is 0 Å². The maximum atomic E-state index is 12.2. The molecule has 1 aromatic rings. The Morgan fingerprint density at radius 1 is 1.44 bits per heavy atom. The molecule has 2 unspecified atom stereocenters. The molecule has 1 saturated carbocycles. The molecule has 0 bridgehead atoms. The molecule has 1 fully saturated rings. The minimum Gasteiger partial charge on any atom is -0.316 e. The molecule has 0 amide bonds. The van der Waals surface area contributed by atoms with Crippen molar-refractivity contribution in [3.8, 4) is 0 Å². The second-order valence-corrected chi connectivity index (χ2v) is 7.89. The molecule has 1 aliphatic carbocycles. The SMILES string of the molecule is CNCc1csc(S(=O)(=O)NC2CCC(C)C2)c1. The first-order valence-corrected chi connectivity index (χ1v) is 8.62. The minimum atomic E-state index is -3.32. The number of thiophene rings is 1. The van der Waals surface area contributed by atoms with Crippen molar-refractivity contribution in [2.75, 3.05) is 7.05 Å². The van der Waals surface area contributed by atoms with E-state index in [1.807, 2.05) is 12.4 Å². The molecule has 0 aromatic carbocycles. The van der Waals surface area contributed by atoms with Crippen molar-refractivity contribution < 1.29 is 8.42 Å². The van der Waals surface area contributed by atoms with Crippen LogP contribution in [0.25, 0.3) is 0 Å². The number of rotatable bonds is 5. The summed E-state index contributed by atoms with van der Waals surface area (Å²) in [7, 11) is -1.47. The van der Waals surface area contributed by atoms with Crippen LogP contribution in [0.3, 0.4) is 0 Å². The van der Waals surface area contributed by atoms with E-state index < -0.39 is 10.0 Å². The van der Waals surface area contributed by atoms with Gasteiger partial charge in [-0.05, 0) is 49.2 Å². The molecule has 4 nitrogen and oxygen atoms in total. The quantitative estimate of drug-likeness (QED) is 0.870. The van der Waals surface area contributed by atoms with Crippen molar-refractivity contribution in [3.05, 3.63) is 17.0 Å². The van der Waals surface area contributed by atoms with E-state index in [0.29, 0.717) is 16.7 Å². The Morgan fingerprint density at radius 2 is 2.22 bits per heavy atom.